The molecule has 3 nitrogen and oxygen atoms in total. The maximum Gasteiger partial charge on any atom is 0.225 e. The van der Waals surface area contributed by atoms with Gasteiger partial charge in [-0.15, -0.1) is 0 Å². The lowest BCUT2D eigenvalue weighted by Crippen LogP contribution is -1.96. The SMILES string of the molecule is CNc1nccc(F)n1. The monoisotopic (exact) mass is 127 g/mol. The lowest BCUT2D eigenvalue weighted by molar-refractivity contribution is 0.581. The summed E-state index contributed by atoms with van der Waals surface area (Å²) in [5, 5.41) is 2.61. The van der Waals surface area contributed by atoms with Crippen LogP contribution in [0.25, 0.3) is 0 Å². The first-order chi connectivity index (χ1) is 4.33. The smallest absolute Gasteiger partial charge is 0.225 e. The molecule has 4 heteroatoms. The van der Waals surface area contributed by atoms with E-state index in [9.17, 15) is 4.39 Å². The van der Waals surface area contributed by atoms with Gasteiger partial charge in [-0.3, -0.25) is 0 Å². The van der Waals surface area contributed by atoms with Gasteiger partial charge in [0.15, 0.2) is 0 Å². The highest BCUT2D eigenvalue weighted by molar-refractivity contribution is 5.20. The fraction of sp³-hybridized carbons (Fsp3) is 0.200. The first-order valence-electron chi connectivity index (χ1n) is 2.49. The molecule has 0 saturated heterocycles. The van der Waals surface area contributed by atoms with E-state index in [0.717, 1.165) is 0 Å². The van der Waals surface area contributed by atoms with Crippen LogP contribution in [0.1, 0.15) is 0 Å². The molecule has 1 N–H and O–H groups in total. The molecule has 0 amide bonds. The van der Waals surface area contributed by atoms with Gasteiger partial charge in [0.25, 0.3) is 0 Å². The van der Waals surface area contributed by atoms with Crippen molar-refractivity contribution < 1.29 is 4.39 Å². The Morgan fingerprint density at radius 3 is 2.89 bits per heavy atom. The van der Waals surface area contributed by atoms with Crippen molar-refractivity contribution in [3.63, 3.8) is 0 Å². The average Bonchev–Trinajstić information content (AvgIpc) is 1.88. The van der Waals surface area contributed by atoms with Crippen LogP contribution >= 0.6 is 0 Å². The van der Waals surface area contributed by atoms with Crippen molar-refractivity contribution in [1.29, 1.82) is 0 Å². The number of nitrogens with zero attached hydrogens (tertiary/aromatic N) is 2. The molecule has 0 unspecified atom stereocenters. The first-order valence-corrected chi connectivity index (χ1v) is 2.49. The number of halogens is 1. The third-order valence-corrected chi connectivity index (χ3v) is 0.845. The molecule has 0 aliphatic carbocycles. The molecule has 0 saturated carbocycles. The van der Waals surface area contributed by atoms with Gasteiger partial charge in [-0.05, 0) is 0 Å². The maximum absolute atomic E-state index is 12.2. The highest BCUT2D eigenvalue weighted by Gasteiger charge is 1.91. The van der Waals surface area contributed by atoms with Crippen molar-refractivity contribution in [3.05, 3.63) is 18.2 Å². The highest BCUT2D eigenvalue weighted by Crippen LogP contribution is 1.95. The van der Waals surface area contributed by atoms with E-state index < -0.39 is 5.95 Å². The zero-order chi connectivity index (χ0) is 6.69. The van der Waals surface area contributed by atoms with E-state index >= 15 is 0 Å². The summed E-state index contributed by atoms with van der Waals surface area (Å²) >= 11 is 0. The Morgan fingerprint density at radius 1 is 1.67 bits per heavy atom. The summed E-state index contributed by atoms with van der Waals surface area (Å²) in [5.41, 5.74) is 0. The molecule has 0 aromatic carbocycles. The van der Waals surface area contributed by atoms with E-state index in [4.69, 9.17) is 0 Å². The van der Waals surface area contributed by atoms with E-state index in [1.165, 1.54) is 12.3 Å². The Labute approximate surface area is 52.0 Å². The van der Waals surface area contributed by atoms with Gasteiger partial charge in [-0.25, -0.2) is 4.98 Å². The van der Waals surface area contributed by atoms with Gasteiger partial charge in [-0.2, -0.15) is 9.37 Å². The minimum absolute atomic E-state index is 0.301. The highest BCUT2D eigenvalue weighted by atomic mass is 19.1. The first kappa shape index (κ1) is 5.94. The van der Waals surface area contributed by atoms with E-state index in [0.29, 0.717) is 5.95 Å². The minimum atomic E-state index is -0.519. The van der Waals surface area contributed by atoms with E-state index in [-0.39, 0.29) is 0 Å². The van der Waals surface area contributed by atoms with Crippen LogP contribution in [0.15, 0.2) is 12.3 Å². The maximum atomic E-state index is 12.2. The van der Waals surface area contributed by atoms with Gasteiger partial charge in [0.05, 0.1) is 0 Å². The minimum Gasteiger partial charge on any atom is -0.357 e. The van der Waals surface area contributed by atoms with Crippen LogP contribution in [0.2, 0.25) is 0 Å². The molecule has 0 radical (unpaired) electrons. The summed E-state index contributed by atoms with van der Waals surface area (Å²) < 4.78 is 12.2. The molecule has 0 bridgehead atoms. The number of hydrogen-bond donors (Lipinski definition) is 1. The third kappa shape index (κ3) is 1.35. The summed E-state index contributed by atoms with van der Waals surface area (Å²) in [6, 6.07) is 1.20. The molecule has 1 aromatic rings. The van der Waals surface area contributed by atoms with Crippen LogP contribution in [0, 0.1) is 5.95 Å². The molecule has 0 atom stereocenters. The number of nitrogens with one attached hydrogen (secondary N) is 1. The fourth-order valence-electron chi connectivity index (χ4n) is 0.457. The molecule has 48 valence electrons. The quantitative estimate of drug-likeness (QED) is 0.563. The predicted molar refractivity (Wildman–Crippen MR) is 31.5 cm³/mol. The van der Waals surface area contributed by atoms with Crippen molar-refractivity contribution in [3.8, 4) is 0 Å². The van der Waals surface area contributed by atoms with Crippen LogP contribution in [-0.4, -0.2) is 17.0 Å². The number of rotatable bonds is 1. The summed E-state index contributed by atoms with van der Waals surface area (Å²) in [6.07, 6.45) is 1.36. The molecule has 9 heavy (non-hydrogen) atoms. The van der Waals surface area contributed by atoms with E-state index in [1.54, 1.807) is 7.05 Å². The second kappa shape index (κ2) is 2.39. The van der Waals surface area contributed by atoms with Gasteiger partial charge < -0.3 is 5.32 Å². The zero-order valence-electron chi connectivity index (χ0n) is 4.93. The molecule has 1 heterocycles. The second-order valence-electron chi connectivity index (χ2n) is 1.45. The summed E-state index contributed by atoms with van der Waals surface area (Å²) in [6.45, 7) is 0. The Hall–Kier alpha value is -1.19. The topological polar surface area (TPSA) is 37.8 Å². The Morgan fingerprint density at radius 2 is 2.44 bits per heavy atom. The molecular weight excluding hydrogens is 121 g/mol. The van der Waals surface area contributed by atoms with Crippen molar-refractivity contribution in [2.75, 3.05) is 12.4 Å². The van der Waals surface area contributed by atoms with Gasteiger partial charge in [0.2, 0.25) is 11.9 Å². The number of hydrogen-bond acceptors (Lipinski definition) is 3. The van der Waals surface area contributed by atoms with Gasteiger partial charge in [-0.1, -0.05) is 0 Å². The standard InChI is InChI=1S/C5H6FN3/c1-7-5-8-3-2-4(6)9-5/h2-3H,1H3,(H,7,8,9). The van der Waals surface area contributed by atoms with Crippen LogP contribution in [0.5, 0.6) is 0 Å². The van der Waals surface area contributed by atoms with Gasteiger partial charge in [0, 0.05) is 19.3 Å². The van der Waals surface area contributed by atoms with E-state index in [1.807, 2.05) is 0 Å². The number of anilines is 1. The molecular formula is C5H6FN3. The van der Waals surface area contributed by atoms with Gasteiger partial charge >= 0.3 is 0 Å². The summed E-state index contributed by atoms with van der Waals surface area (Å²) in [5.74, 6) is -0.218. The fourth-order valence-corrected chi connectivity index (χ4v) is 0.457. The predicted octanol–water partition coefficient (Wildman–Crippen LogP) is 0.657. The molecule has 1 rings (SSSR count). The summed E-state index contributed by atoms with van der Waals surface area (Å²) in [7, 11) is 1.63. The Bertz CT molecular complexity index is 201. The van der Waals surface area contributed by atoms with Crippen molar-refractivity contribution in [2.45, 2.75) is 0 Å². The lowest BCUT2D eigenvalue weighted by Gasteiger charge is -1.93. The van der Waals surface area contributed by atoms with E-state index in [2.05, 4.69) is 15.3 Å². The van der Waals surface area contributed by atoms with Crippen LogP contribution in [0.3, 0.4) is 0 Å². The lowest BCUT2D eigenvalue weighted by atomic mass is 10.6. The van der Waals surface area contributed by atoms with Crippen LogP contribution in [-0.2, 0) is 0 Å². The largest absolute Gasteiger partial charge is 0.357 e. The molecule has 0 aliphatic rings. The zero-order valence-corrected chi connectivity index (χ0v) is 4.93. The van der Waals surface area contributed by atoms with Crippen molar-refractivity contribution >= 4 is 5.95 Å². The summed E-state index contributed by atoms with van der Waals surface area (Å²) in [4.78, 5) is 7.10. The average molecular weight is 127 g/mol. The van der Waals surface area contributed by atoms with Crippen LogP contribution in [0.4, 0.5) is 10.3 Å². The van der Waals surface area contributed by atoms with Crippen molar-refractivity contribution in [1.82, 2.24) is 9.97 Å². The van der Waals surface area contributed by atoms with Gasteiger partial charge in [0.1, 0.15) is 0 Å². The second-order valence-corrected chi connectivity index (χ2v) is 1.45. The normalized spacial score (nSPS) is 9.11. The Balaban J connectivity index is 2.94. The number of aromatic nitrogens is 2. The third-order valence-electron chi connectivity index (χ3n) is 0.845. The Kier molecular flexibility index (Phi) is 1.58. The van der Waals surface area contributed by atoms with Crippen molar-refractivity contribution in [2.24, 2.45) is 0 Å². The van der Waals surface area contributed by atoms with Crippen LogP contribution < -0.4 is 5.32 Å². The molecule has 1 aromatic heterocycles. The molecule has 0 fully saturated rings. The molecule has 0 aliphatic heterocycles. The molecule has 0 spiro atoms.